The van der Waals surface area contributed by atoms with Gasteiger partial charge in [-0.1, -0.05) is 13.8 Å². The highest BCUT2D eigenvalue weighted by Crippen LogP contribution is 2.12. The minimum Gasteiger partial charge on any atom is -0.469 e. The van der Waals surface area contributed by atoms with Gasteiger partial charge in [-0.2, -0.15) is 0 Å². The number of ether oxygens (including phenoxy) is 1. The fourth-order valence-electron chi connectivity index (χ4n) is 1.98. The van der Waals surface area contributed by atoms with E-state index in [4.69, 9.17) is 0 Å². The summed E-state index contributed by atoms with van der Waals surface area (Å²) >= 11 is 0. The van der Waals surface area contributed by atoms with Crippen LogP contribution < -0.4 is 5.32 Å². The zero-order chi connectivity index (χ0) is 13.0. The van der Waals surface area contributed by atoms with Gasteiger partial charge in [0.05, 0.1) is 25.6 Å². The first kappa shape index (κ1) is 13.6. The third kappa shape index (κ3) is 3.26. The van der Waals surface area contributed by atoms with Crippen LogP contribution in [-0.4, -0.2) is 48.9 Å². The minimum atomic E-state index is -0.354. The molecule has 0 radical (unpaired) electrons. The zero-order valence-electron chi connectivity index (χ0n) is 10.4. The van der Waals surface area contributed by atoms with Crippen molar-refractivity contribution in [1.82, 2.24) is 10.2 Å². The molecule has 1 fully saturated rings. The van der Waals surface area contributed by atoms with Crippen molar-refractivity contribution in [2.24, 2.45) is 5.92 Å². The van der Waals surface area contributed by atoms with Gasteiger partial charge in [0.25, 0.3) is 0 Å². The molecule has 1 N–H and O–H groups in total. The summed E-state index contributed by atoms with van der Waals surface area (Å²) in [7, 11) is 1.32. The first-order valence-electron chi connectivity index (χ1n) is 5.65. The van der Waals surface area contributed by atoms with E-state index in [-0.39, 0.29) is 36.3 Å². The number of hydrogen-bond acceptors (Lipinski definition) is 5. The first-order chi connectivity index (χ1) is 7.99. The van der Waals surface area contributed by atoms with Crippen molar-refractivity contribution >= 4 is 17.8 Å². The topological polar surface area (TPSA) is 75.7 Å². The fraction of sp³-hybridized carbons (Fsp3) is 0.727. The summed E-state index contributed by atoms with van der Waals surface area (Å²) in [6.07, 6.45) is 0.604. The van der Waals surface area contributed by atoms with E-state index in [2.05, 4.69) is 10.1 Å². The van der Waals surface area contributed by atoms with Crippen LogP contribution in [0.1, 0.15) is 20.3 Å². The van der Waals surface area contributed by atoms with Crippen LogP contribution >= 0.6 is 0 Å². The predicted molar refractivity (Wildman–Crippen MR) is 60.0 cm³/mol. The molecule has 17 heavy (non-hydrogen) atoms. The molecule has 1 aliphatic heterocycles. The zero-order valence-corrected chi connectivity index (χ0v) is 10.4. The SMILES string of the molecule is CCC1C(=O)NC(=O)CN1CC(C)C(=O)OC. The number of esters is 1. The lowest BCUT2D eigenvalue weighted by Crippen LogP contribution is -2.58. The number of imide groups is 1. The number of nitrogens with one attached hydrogen (secondary N) is 1. The average molecular weight is 242 g/mol. The Labute approximate surface area is 100 Å². The van der Waals surface area contributed by atoms with Crippen molar-refractivity contribution in [3.63, 3.8) is 0 Å². The predicted octanol–water partition coefficient (Wildman–Crippen LogP) is -0.467. The molecule has 0 aromatic rings. The summed E-state index contributed by atoms with van der Waals surface area (Å²) in [6.45, 7) is 4.08. The number of rotatable bonds is 4. The van der Waals surface area contributed by atoms with E-state index in [1.165, 1.54) is 7.11 Å². The molecule has 0 aromatic heterocycles. The van der Waals surface area contributed by atoms with Crippen LogP contribution in [-0.2, 0) is 19.1 Å². The molecular weight excluding hydrogens is 224 g/mol. The Hall–Kier alpha value is -1.43. The van der Waals surface area contributed by atoms with Gasteiger partial charge in [-0.05, 0) is 6.42 Å². The molecule has 2 amide bonds. The molecule has 6 nitrogen and oxygen atoms in total. The first-order valence-corrected chi connectivity index (χ1v) is 5.65. The van der Waals surface area contributed by atoms with E-state index in [1.807, 2.05) is 6.92 Å². The van der Waals surface area contributed by atoms with Gasteiger partial charge >= 0.3 is 5.97 Å². The molecule has 2 unspecified atom stereocenters. The van der Waals surface area contributed by atoms with Gasteiger partial charge < -0.3 is 4.74 Å². The average Bonchev–Trinajstić information content (AvgIpc) is 2.27. The van der Waals surface area contributed by atoms with Gasteiger partial charge in [0, 0.05) is 6.54 Å². The number of amides is 2. The minimum absolute atomic E-state index is 0.144. The molecule has 1 aliphatic rings. The normalized spacial score (nSPS) is 23.1. The monoisotopic (exact) mass is 242 g/mol. The van der Waals surface area contributed by atoms with Crippen LogP contribution in [0.3, 0.4) is 0 Å². The smallest absolute Gasteiger partial charge is 0.309 e. The Morgan fingerprint density at radius 1 is 1.59 bits per heavy atom. The number of carbonyl (C=O) groups excluding carboxylic acids is 3. The van der Waals surface area contributed by atoms with E-state index < -0.39 is 0 Å². The Morgan fingerprint density at radius 3 is 2.76 bits per heavy atom. The number of hydrogen-bond donors (Lipinski definition) is 1. The van der Waals surface area contributed by atoms with Gasteiger partial charge in [0.1, 0.15) is 0 Å². The maximum atomic E-state index is 11.6. The summed E-state index contributed by atoms with van der Waals surface area (Å²) < 4.78 is 4.63. The van der Waals surface area contributed by atoms with E-state index in [0.29, 0.717) is 13.0 Å². The summed E-state index contributed by atoms with van der Waals surface area (Å²) in [5.74, 6) is -1.30. The van der Waals surface area contributed by atoms with Gasteiger partial charge in [0.15, 0.2) is 0 Å². The van der Waals surface area contributed by atoms with E-state index in [0.717, 1.165) is 0 Å². The molecule has 0 bridgehead atoms. The van der Waals surface area contributed by atoms with Crippen LogP contribution in [0.4, 0.5) is 0 Å². The highest BCUT2D eigenvalue weighted by molar-refractivity contribution is 6.01. The molecule has 2 atom stereocenters. The molecule has 1 saturated heterocycles. The van der Waals surface area contributed by atoms with Crippen LogP contribution in [0.2, 0.25) is 0 Å². The molecule has 6 heteroatoms. The van der Waals surface area contributed by atoms with Gasteiger partial charge in [-0.25, -0.2) is 0 Å². The Kier molecular flexibility index (Phi) is 4.62. The number of carbonyl (C=O) groups is 3. The largest absolute Gasteiger partial charge is 0.469 e. The Morgan fingerprint density at radius 2 is 2.24 bits per heavy atom. The molecule has 1 rings (SSSR count). The molecule has 0 spiro atoms. The number of nitrogens with zero attached hydrogens (tertiary/aromatic N) is 1. The number of methoxy groups -OCH3 is 1. The van der Waals surface area contributed by atoms with E-state index in [1.54, 1.807) is 11.8 Å². The van der Waals surface area contributed by atoms with E-state index >= 15 is 0 Å². The lowest BCUT2D eigenvalue weighted by molar-refractivity contribution is -0.149. The standard InChI is InChI=1S/C11H18N2O4/c1-4-8-10(15)12-9(14)6-13(8)5-7(2)11(16)17-3/h7-8H,4-6H2,1-3H3,(H,12,14,15). The highest BCUT2D eigenvalue weighted by Gasteiger charge is 2.34. The molecule has 96 valence electrons. The summed E-state index contributed by atoms with van der Waals surface area (Å²) in [4.78, 5) is 35.9. The van der Waals surface area contributed by atoms with E-state index in [9.17, 15) is 14.4 Å². The molecule has 0 saturated carbocycles. The Balaban J connectivity index is 2.69. The van der Waals surface area contributed by atoms with Crippen molar-refractivity contribution in [3.05, 3.63) is 0 Å². The molecule has 0 aliphatic carbocycles. The van der Waals surface area contributed by atoms with Gasteiger partial charge in [0.2, 0.25) is 11.8 Å². The van der Waals surface area contributed by atoms with Gasteiger partial charge in [-0.15, -0.1) is 0 Å². The second kappa shape index (κ2) is 5.77. The van der Waals surface area contributed by atoms with Crippen molar-refractivity contribution in [2.75, 3.05) is 20.2 Å². The summed E-state index contributed by atoms with van der Waals surface area (Å²) in [6, 6.07) is -0.347. The molecule has 1 heterocycles. The third-order valence-electron chi connectivity index (χ3n) is 2.85. The van der Waals surface area contributed by atoms with Crippen molar-refractivity contribution < 1.29 is 19.1 Å². The summed E-state index contributed by atoms with van der Waals surface area (Å²) in [5, 5.41) is 2.29. The lowest BCUT2D eigenvalue weighted by atomic mass is 10.1. The number of piperazine rings is 1. The van der Waals surface area contributed by atoms with Crippen molar-refractivity contribution in [2.45, 2.75) is 26.3 Å². The van der Waals surface area contributed by atoms with Crippen molar-refractivity contribution in [1.29, 1.82) is 0 Å². The fourth-order valence-corrected chi connectivity index (χ4v) is 1.98. The molecular formula is C11H18N2O4. The maximum absolute atomic E-state index is 11.6. The molecule has 0 aromatic carbocycles. The quantitative estimate of drug-likeness (QED) is 0.533. The summed E-state index contributed by atoms with van der Waals surface area (Å²) in [5.41, 5.74) is 0. The van der Waals surface area contributed by atoms with Crippen molar-refractivity contribution in [3.8, 4) is 0 Å². The third-order valence-corrected chi connectivity index (χ3v) is 2.85. The highest BCUT2D eigenvalue weighted by atomic mass is 16.5. The van der Waals surface area contributed by atoms with Gasteiger partial charge in [-0.3, -0.25) is 24.6 Å². The van der Waals surface area contributed by atoms with Crippen LogP contribution in [0.15, 0.2) is 0 Å². The second-order valence-electron chi connectivity index (χ2n) is 4.19. The maximum Gasteiger partial charge on any atom is 0.309 e. The van der Waals surface area contributed by atoms with Crippen LogP contribution in [0.5, 0.6) is 0 Å². The lowest BCUT2D eigenvalue weighted by Gasteiger charge is -2.34. The Bertz CT molecular complexity index is 329. The van der Waals surface area contributed by atoms with Crippen LogP contribution in [0.25, 0.3) is 0 Å². The van der Waals surface area contributed by atoms with Crippen LogP contribution in [0, 0.1) is 5.92 Å². The second-order valence-corrected chi connectivity index (χ2v) is 4.19.